The zero-order valence-electron chi connectivity index (χ0n) is 13.2. The number of anilines is 1. The molecule has 1 saturated heterocycles. The lowest BCUT2D eigenvalue weighted by molar-refractivity contribution is -0.132. The van der Waals surface area contributed by atoms with Crippen LogP contribution in [0, 0.1) is 0 Å². The molecule has 22 heavy (non-hydrogen) atoms. The molecule has 1 fully saturated rings. The Balaban J connectivity index is 1.95. The first-order valence-electron chi connectivity index (χ1n) is 7.57. The van der Waals surface area contributed by atoms with Gasteiger partial charge in [-0.3, -0.25) is 9.59 Å². The van der Waals surface area contributed by atoms with E-state index in [0.29, 0.717) is 12.1 Å². The molecule has 2 amide bonds. The maximum absolute atomic E-state index is 12.3. The third-order valence-electron chi connectivity index (χ3n) is 3.82. The van der Waals surface area contributed by atoms with Gasteiger partial charge in [-0.15, -0.1) is 0 Å². The number of hydrogen-bond donors (Lipinski definition) is 2. The monoisotopic (exact) mass is 304 g/mol. The highest BCUT2D eigenvalue weighted by Gasteiger charge is 2.19. The zero-order valence-corrected chi connectivity index (χ0v) is 13.2. The van der Waals surface area contributed by atoms with Gasteiger partial charge in [-0.05, 0) is 31.7 Å². The van der Waals surface area contributed by atoms with E-state index >= 15 is 0 Å². The number of piperazine rings is 1. The number of carbonyl (C=O) groups is 2. The largest absolute Gasteiger partial charge is 0.340 e. The van der Waals surface area contributed by atoms with Gasteiger partial charge >= 0.3 is 0 Å². The second kappa shape index (κ2) is 7.38. The van der Waals surface area contributed by atoms with Gasteiger partial charge in [0.1, 0.15) is 0 Å². The molecule has 6 nitrogen and oxygen atoms in total. The van der Waals surface area contributed by atoms with Crippen LogP contribution in [0.5, 0.6) is 0 Å². The fourth-order valence-electron chi connectivity index (χ4n) is 2.36. The maximum atomic E-state index is 12.3. The van der Waals surface area contributed by atoms with Crippen molar-refractivity contribution in [3.8, 4) is 0 Å². The van der Waals surface area contributed by atoms with Crippen LogP contribution in [0.1, 0.15) is 12.5 Å². The number of nitrogens with one attached hydrogen (secondary N) is 1. The van der Waals surface area contributed by atoms with E-state index < -0.39 is 6.04 Å². The summed E-state index contributed by atoms with van der Waals surface area (Å²) in [4.78, 5) is 28.0. The molecule has 1 aliphatic rings. The number of carbonyl (C=O) groups excluding carboxylic acids is 2. The highest BCUT2D eigenvalue weighted by Crippen LogP contribution is 2.13. The first-order valence-corrected chi connectivity index (χ1v) is 7.57. The van der Waals surface area contributed by atoms with Crippen molar-refractivity contribution in [2.45, 2.75) is 19.4 Å². The van der Waals surface area contributed by atoms with E-state index in [1.54, 1.807) is 13.0 Å². The summed E-state index contributed by atoms with van der Waals surface area (Å²) in [6.07, 6.45) is 0.353. The van der Waals surface area contributed by atoms with E-state index in [2.05, 4.69) is 17.3 Å². The predicted molar refractivity (Wildman–Crippen MR) is 86.5 cm³/mol. The predicted octanol–water partition coefficient (Wildman–Crippen LogP) is 0.289. The molecule has 0 aromatic heterocycles. The van der Waals surface area contributed by atoms with Crippen LogP contribution >= 0.6 is 0 Å². The van der Waals surface area contributed by atoms with E-state index in [1.165, 1.54) is 0 Å². The smallest absolute Gasteiger partial charge is 0.240 e. The van der Waals surface area contributed by atoms with Crippen molar-refractivity contribution in [3.05, 3.63) is 29.8 Å². The Bertz CT molecular complexity index is 537. The first-order chi connectivity index (χ1) is 10.5. The van der Waals surface area contributed by atoms with Gasteiger partial charge in [0, 0.05) is 31.9 Å². The van der Waals surface area contributed by atoms with Crippen LogP contribution in [0.15, 0.2) is 24.3 Å². The van der Waals surface area contributed by atoms with Gasteiger partial charge in [0.05, 0.1) is 12.5 Å². The Labute approximate surface area is 131 Å². The van der Waals surface area contributed by atoms with Crippen LogP contribution in [0.2, 0.25) is 0 Å². The molecule has 0 saturated carbocycles. The van der Waals surface area contributed by atoms with E-state index in [0.717, 1.165) is 31.7 Å². The lowest BCUT2D eigenvalue weighted by Gasteiger charge is -2.32. The van der Waals surface area contributed by atoms with Crippen LogP contribution in [0.25, 0.3) is 0 Å². The Morgan fingerprint density at radius 3 is 2.59 bits per heavy atom. The maximum Gasteiger partial charge on any atom is 0.240 e. The molecular formula is C16H24N4O2. The zero-order chi connectivity index (χ0) is 16.1. The van der Waals surface area contributed by atoms with Crippen LogP contribution in [-0.4, -0.2) is 60.9 Å². The van der Waals surface area contributed by atoms with Crippen LogP contribution in [-0.2, 0) is 16.0 Å². The lowest BCUT2D eigenvalue weighted by atomic mass is 10.1. The van der Waals surface area contributed by atoms with Gasteiger partial charge < -0.3 is 20.9 Å². The Morgan fingerprint density at radius 2 is 1.95 bits per heavy atom. The molecule has 6 heteroatoms. The number of benzene rings is 1. The fourth-order valence-corrected chi connectivity index (χ4v) is 2.36. The van der Waals surface area contributed by atoms with Gasteiger partial charge in [0.15, 0.2) is 0 Å². The van der Waals surface area contributed by atoms with E-state index in [1.807, 2.05) is 23.1 Å². The standard InChI is InChI=1S/C16H24N4O2/c1-12(17)16(22)18-14-5-3-4-13(10-14)11-15(21)20-8-6-19(2)7-9-20/h3-5,10,12H,6-9,11,17H2,1-2H3,(H,18,22)/t12-/m1/s1. The molecule has 0 bridgehead atoms. The van der Waals surface area contributed by atoms with Gasteiger partial charge in [-0.1, -0.05) is 12.1 Å². The Hall–Kier alpha value is -1.92. The molecule has 0 unspecified atom stereocenters. The molecular weight excluding hydrogens is 280 g/mol. The summed E-state index contributed by atoms with van der Waals surface area (Å²) in [6, 6.07) is 6.80. The summed E-state index contributed by atoms with van der Waals surface area (Å²) in [5.74, 6) is -0.105. The third-order valence-corrected chi connectivity index (χ3v) is 3.82. The second-order valence-electron chi connectivity index (χ2n) is 5.84. The van der Waals surface area contributed by atoms with Crippen LogP contribution in [0.4, 0.5) is 5.69 Å². The summed E-state index contributed by atoms with van der Waals surface area (Å²) < 4.78 is 0. The number of likely N-dealkylation sites (N-methyl/N-ethyl adjacent to an activating group) is 1. The molecule has 0 radical (unpaired) electrons. The normalized spacial score (nSPS) is 17.1. The SMILES string of the molecule is C[C@@H](N)C(=O)Nc1cccc(CC(=O)N2CCN(C)CC2)c1. The van der Waals surface area contributed by atoms with Gasteiger partial charge in [-0.25, -0.2) is 0 Å². The fraction of sp³-hybridized carbons (Fsp3) is 0.500. The van der Waals surface area contributed by atoms with Crippen LogP contribution in [0.3, 0.4) is 0 Å². The molecule has 0 aliphatic carbocycles. The minimum Gasteiger partial charge on any atom is -0.340 e. The summed E-state index contributed by atoms with van der Waals surface area (Å²) >= 11 is 0. The summed E-state index contributed by atoms with van der Waals surface area (Å²) in [5, 5.41) is 2.74. The number of nitrogens with two attached hydrogens (primary N) is 1. The topological polar surface area (TPSA) is 78.7 Å². The number of nitrogens with zero attached hydrogens (tertiary/aromatic N) is 2. The van der Waals surface area contributed by atoms with Crippen molar-refractivity contribution in [3.63, 3.8) is 0 Å². The summed E-state index contributed by atoms with van der Waals surface area (Å²) in [5.41, 5.74) is 7.10. The molecule has 1 aromatic carbocycles. The second-order valence-corrected chi connectivity index (χ2v) is 5.84. The summed E-state index contributed by atoms with van der Waals surface area (Å²) in [6.45, 7) is 5.01. The van der Waals surface area contributed by atoms with Gasteiger partial charge in [0.2, 0.25) is 11.8 Å². The molecule has 1 aromatic rings. The molecule has 0 spiro atoms. The van der Waals surface area contributed by atoms with E-state index in [9.17, 15) is 9.59 Å². The third kappa shape index (κ3) is 4.54. The van der Waals surface area contributed by atoms with Crippen molar-refractivity contribution in [2.24, 2.45) is 5.73 Å². The van der Waals surface area contributed by atoms with Crippen LogP contribution < -0.4 is 11.1 Å². The summed E-state index contributed by atoms with van der Waals surface area (Å²) in [7, 11) is 2.06. The molecule has 2 rings (SSSR count). The van der Waals surface area contributed by atoms with Crippen molar-refractivity contribution in [2.75, 3.05) is 38.5 Å². The van der Waals surface area contributed by atoms with Gasteiger partial charge in [0.25, 0.3) is 0 Å². The Morgan fingerprint density at radius 1 is 1.27 bits per heavy atom. The minimum atomic E-state index is -0.560. The van der Waals surface area contributed by atoms with Crippen molar-refractivity contribution >= 4 is 17.5 Å². The number of hydrogen-bond acceptors (Lipinski definition) is 4. The van der Waals surface area contributed by atoms with Gasteiger partial charge in [-0.2, -0.15) is 0 Å². The van der Waals surface area contributed by atoms with Crippen molar-refractivity contribution in [1.29, 1.82) is 0 Å². The molecule has 1 atom stereocenters. The number of amides is 2. The first kappa shape index (κ1) is 16.5. The Kier molecular flexibility index (Phi) is 5.51. The minimum absolute atomic E-state index is 0.128. The molecule has 120 valence electrons. The molecule has 1 aliphatic heterocycles. The highest BCUT2D eigenvalue weighted by molar-refractivity contribution is 5.94. The quantitative estimate of drug-likeness (QED) is 0.838. The lowest BCUT2D eigenvalue weighted by Crippen LogP contribution is -2.47. The van der Waals surface area contributed by atoms with Crippen molar-refractivity contribution < 1.29 is 9.59 Å². The average Bonchev–Trinajstić information content (AvgIpc) is 2.48. The van der Waals surface area contributed by atoms with E-state index in [-0.39, 0.29) is 11.8 Å². The average molecular weight is 304 g/mol. The van der Waals surface area contributed by atoms with E-state index in [4.69, 9.17) is 5.73 Å². The number of rotatable bonds is 4. The molecule has 1 heterocycles. The molecule has 3 N–H and O–H groups in total. The van der Waals surface area contributed by atoms with Crippen molar-refractivity contribution in [1.82, 2.24) is 9.80 Å². The highest BCUT2D eigenvalue weighted by atomic mass is 16.2.